The number of carbonyl (C=O) groups excluding carboxylic acids is 3. The van der Waals surface area contributed by atoms with Gasteiger partial charge in [0.05, 0.1) is 11.1 Å². The van der Waals surface area contributed by atoms with Gasteiger partial charge in [-0.15, -0.1) is 0 Å². The number of halogens is 6. The minimum absolute atomic E-state index is 0.0249. The Balaban J connectivity index is 1.26. The Hall–Kier alpha value is -3.85. The molecule has 0 unspecified atom stereocenters. The molecule has 2 aromatic carbocycles. The maximum absolute atomic E-state index is 14.0. The standard InChI is InChI=1S/C38H47F6N5O4/c1-35(2)11-18-46(19-12-35)30-8-14-47(15-9-30)36(13-20-50)24-31(48-16-7-27-5-3-4-6-32(27)45-33(48)51)10-17-49(36)34(52)53-25-26-21-28(37(39,40)41)23-29(22-26)38(42,43)44/h3-6,20-23,30-31H,7-19,24-25H2,1-2H3,(H,45,51)/t31-,36+/m1/s1. The molecule has 2 atom stereocenters. The average Bonchev–Trinajstić information content (AvgIpc) is 3.28. The van der Waals surface area contributed by atoms with Gasteiger partial charge in [-0.3, -0.25) is 9.80 Å². The topological polar surface area (TPSA) is 85.4 Å². The Morgan fingerprint density at radius 1 is 0.887 bits per heavy atom. The molecule has 4 aliphatic heterocycles. The van der Waals surface area contributed by atoms with E-state index in [0.29, 0.717) is 56.3 Å². The van der Waals surface area contributed by atoms with Gasteiger partial charge >= 0.3 is 24.5 Å². The number of para-hydroxylation sites is 1. The Kier molecular flexibility index (Phi) is 11.1. The SMILES string of the molecule is CC1(C)CCN(C2CCN([C@]3(CC=O)C[C@H](N4CCc5ccccc5NC4=O)CCN3C(=O)OCc3cc(C(F)(F)F)cc(C(F)(F)F)c3)CC2)CC1. The van der Waals surface area contributed by atoms with Gasteiger partial charge in [0.15, 0.2) is 0 Å². The van der Waals surface area contributed by atoms with Crippen molar-refractivity contribution < 1.29 is 45.5 Å². The molecule has 4 aliphatic rings. The molecule has 0 aliphatic carbocycles. The molecule has 0 spiro atoms. The maximum Gasteiger partial charge on any atom is 0.416 e. The van der Waals surface area contributed by atoms with Gasteiger partial charge in [0.1, 0.15) is 18.6 Å². The van der Waals surface area contributed by atoms with Gasteiger partial charge in [-0.2, -0.15) is 26.3 Å². The van der Waals surface area contributed by atoms with Crippen LogP contribution in [-0.4, -0.2) is 95.0 Å². The van der Waals surface area contributed by atoms with E-state index in [1.807, 2.05) is 24.3 Å². The van der Waals surface area contributed by atoms with Crippen LogP contribution in [0.5, 0.6) is 0 Å². The second-order valence-electron chi connectivity index (χ2n) is 15.6. The number of nitrogens with zero attached hydrogens (tertiary/aromatic N) is 4. The predicted molar refractivity (Wildman–Crippen MR) is 185 cm³/mol. The number of urea groups is 1. The summed E-state index contributed by atoms with van der Waals surface area (Å²) < 4.78 is 86.9. The lowest BCUT2D eigenvalue weighted by Crippen LogP contribution is -2.70. The number of rotatable bonds is 7. The highest BCUT2D eigenvalue weighted by Crippen LogP contribution is 2.41. The molecule has 53 heavy (non-hydrogen) atoms. The molecule has 6 rings (SSSR count). The molecule has 3 fully saturated rings. The predicted octanol–water partition coefficient (Wildman–Crippen LogP) is 7.79. The van der Waals surface area contributed by atoms with Crippen molar-refractivity contribution in [3.8, 4) is 0 Å². The van der Waals surface area contributed by atoms with Crippen molar-refractivity contribution >= 4 is 24.1 Å². The van der Waals surface area contributed by atoms with Crippen molar-refractivity contribution in [3.63, 3.8) is 0 Å². The summed E-state index contributed by atoms with van der Waals surface area (Å²) in [6, 6.07) is 8.26. The van der Waals surface area contributed by atoms with Crippen molar-refractivity contribution in [3.05, 3.63) is 64.7 Å². The van der Waals surface area contributed by atoms with E-state index in [2.05, 4.69) is 29.0 Å². The zero-order valence-corrected chi connectivity index (χ0v) is 30.1. The monoisotopic (exact) mass is 751 g/mol. The van der Waals surface area contributed by atoms with Crippen LogP contribution >= 0.6 is 0 Å². The summed E-state index contributed by atoms with van der Waals surface area (Å²) in [4.78, 5) is 47.9. The number of benzene rings is 2. The average molecular weight is 752 g/mol. The number of ether oxygens (including phenoxy) is 1. The molecule has 0 radical (unpaired) electrons. The number of nitrogens with one attached hydrogen (secondary N) is 1. The summed E-state index contributed by atoms with van der Waals surface area (Å²) >= 11 is 0. The first-order chi connectivity index (χ1) is 25.0. The zero-order chi connectivity index (χ0) is 38.2. The van der Waals surface area contributed by atoms with Crippen LogP contribution in [0.2, 0.25) is 0 Å². The summed E-state index contributed by atoms with van der Waals surface area (Å²) in [6.45, 7) is 7.19. The zero-order valence-electron chi connectivity index (χ0n) is 30.1. The molecule has 2 aromatic rings. The minimum Gasteiger partial charge on any atom is -0.445 e. The van der Waals surface area contributed by atoms with E-state index < -0.39 is 47.4 Å². The maximum atomic E-state index is 14.0. The van der Waals surface area contributed by atoms with Crippen LogP contribution in [0.25, 0.3) is 0 Å². The van der Waals surface area contributed by atoms with Gasteiger partial charge in [0, 0.05) is 56.8 Å². The highest BCUT2D eigenvalue weighted by Gasteiger charge is 2.52. The summed E-state index contributed by atoms with van der Waals surface area (Å²) in [6.07, 6.45) is -5.63. The number of hydrogen-bond donors (Lipinski definition) is 1. The van der Waals surface area contributed by atoms with Crippen LogP contribution < -0.4 is 5.32 Å². The first-order valence-electron chi connectivity index (χ1n) is 18.3. The van der Waals surface area contributed by atoms with Crippen molar-refractivity contribution in [1.82, 2.24) is 19.6 Å². The first kappa shape index (κ1) is 38.9. The van der Waals surface area contributed by atoms with Crippen LogP contribution in [-0.2, 0) is 34.9 Å². The lowest BCUT2D eigenvalue weighted by Gasteiger charge is -2.57. The number of aldehydes is 1. The number of likely N-dealkylation sites (tertiary alicyclic amines) is 3. The smallest absolute Gasteiger partial charge is 0.416 e. The van der Waals surface area contributed by atoms with Gasteiger partial charge in [-0.1, -0.05) is 32.0 Å². The molecule has 15 heteroatoms. The third-order valence-corrected chi connectivity index (χ3v) is 11.7. The first-order valence-corrected chi connectivity index (χ1v) is 18.3. The summed E-state index contributed by atoms with van der Waals surface area (Å²) in [5, 5.41) is 2.99. The molecule has 290 valence electrons. The van der Waals surface area contributed by atoms with E-state index in [9.17, 15) is 40.7 Å². The molecule has 1 N–H and O–H groups in total. The van der Waals surface area contributed by atoms with Crippen LogP contribution in [0.1, 0.15) is 81.0 Å². The lowest BCUT2D eigenvalue weighted by molar-refractivity contribution is -0.143. The Bertz CT molecular complexity index is 1620. The highest BCUT2D eigenvalue weighted by molar-refractivity contribution is 5.91. The number of alkyl halides is 6. The number of anilines is 1. The summed E-state index contributed by atoms with van der Waals surface area (Å²) in [5.74, 6) is 0. The fourth-order valence-electron chi connectivity index (χ4n) is 8.56. The largest absolute Gasteiger partial charge is 0.445 e. The molecule has 3 saturated heterocycles. The molecular formula is C38H47F6N5O4. The van der Waals surface area contributed by atoms with Crippen LogP contribution in [0, 0.1) is 5.41 Å². The van der Waals surface area contributed by atoms with Gasteiger partial charge < -0.3 is 24.6 Å². The second-order valence-corrected chi connectivity index (χ2v) is 15.6. The van der Waals surface area contributed by atoms with Crippen LogP contribution in [0.3, 0.4) is 0 Å². The molecular weight excluding hydrogens is 704 g/mol. The highest BCUT2D eigenvalue weighted by atomic mass is 19.4. The van der Waals surface area contributed by atoms with Crippen molar-refractivity contribution in [2.45, 2.75) is 102 Å². The van der Waals surface area contributed by atoms with Crippen molar-refractivity contribution in [1.29, 1.82) is 0 Å². The Labute approximate surface area is 305 Å². The normalized spacial score (nSPS) is 25.0. The molecule has 0 bridgehead atoms. The van der Waals surface area contributed by atoms with Gasteiger partial charge in [-0.05, 0) is 92.4 Å². The third-order valence-electron chi connectivity index (χ3n) is 11.7. The fourth-order valence-corrected chi connectivity index (χ4v) is 8.56. The molecule has 9 nitrogen and oxygen atoms in total. The van der Waals surface area contributed by atoms with E-state index in [0.717, 1.165) is 50.6 Å². The number of hydrogen-bond acceptors (Lipinski definition) is 6. The van der Waals surface area contributed by atoms with E-state index in [1.54, 1.807) is 4.90 Å². The molecule has 4 heterocycles. The van der Waals surface area contributed by atoms with Crippen LogP contribution in [0.4, 0.5) is 41.6 Å². The Morgan fingerprint density at radius 2 is 1.51 bits per heavy atom. The van der Waals surface area contributed by atoms with E-state index >= 15 is 0 Å². The minimum atomic E-state index is -5.06. The fraction of sp³-hybridized carbons (Fsp3) is 0.605. The van der Waals surface area contributed by atoms with E-state index in [1.165, 1.54) is 4.90 Å². The molecule has 3 amide bonds. The molecule has 0 saturated carbocycles. The third kappa shape index (κ3) is 8.61. The summed E-state index contributed by atoms with van der Waals surface area (Å²) in [5.41, 5.74) is -2.75. The molecule has 0 aromatic heterocycles. The van der Waals surface area contributed by atoms with Gasteiger partial charge in [-0.25, -0.2) is 9.59 Å². The number of piperidine rings is 3. The number of fused-ring (bicyclic) bond motifs is 1. The van der Waals surface area contributed by atoms with E-state index in [-0.39, 0.29) is 42.9 Å². The quantitative estimate of drug-likeness (QED) is 0.230. The van der Waals surface area contributed by atoms with Crippen molar-refractivity contribution in [2.24, 2.45) is 5.41 Å². The van der Waals surface area contributed by atoms with E-state index in [4.69, 9.17) is 4.74 Å². The lowest BCUT2D eigenvalue weighted by atomic mass is 9.81. The number of amides is 3. The van der Waals surface area contributed by atoms with Crippen LogP contribution in [0.15, 0.2) is 42.5 Å². The number of carbonyl (C=O) groups is 3. The summed E-state index contributed by atoms with van der Waals surface area (Å²) in [7, 11) is 0. The second kappa shape index (κ2) is 15.1. The van der Waals surface area contributed by atoms with Gasteiger partial charge in [0.2, 0.25) is 0 Å². The van der Waals surface area contributed by atoms with Gasteiger partial charge in [0.25, 0.3) is 0 Å². The Morgan fingerprint density at radius 3 is 2.13 bits per heavy atom. The van der Waals surface area contributed by atoms with Crippen molar-refractivity contribution in [2.75, 3.05) is 44.6 Å².